The number of halogens is 2. The summed E-state index contributed by atoms with van der Waals surface area (Å²) in [6.45, 7) is 3.12. The minimum absolute atomic E-state index is 0.240. The molecule has 1 amide bonds. The van der Waals surface area contributed by atoms with Gasteiger partial charge in [0.05, 0.1) is 24.3 Å². The molecule has 2 aromatic rings. The van der Waals surface area contributed by atoms with Crippen molar-refractivity contribution in [3.8, 4) is 11.5 Å². The first kappa shape index (κ1) is 21.7. The first-order valence-electron chi connectivity index (χ1n) is 8.16. The molecular weight excluding hydrogens is 405 g/mol. The summed E-state index contributed by atoms with van der Waals surface area (Å²) in [6.07, 6.45) is 0. The van der Waals surface area contributed by atoms with Crippen LogP contribution in [0.1, 0.15) is 12.5 Å². The Labute approximate surface area is 172 Å². The minimum atomic E-state index is -1.34. The topological polar surface area (TPSA) is 89.4 Å². The number of hydrogen-bond acceptors (Lipinski definition) is 6. The van der Waals surface area contributed by atoms with E-state index in [1.54, 1.807) is 12.1 Å². The summed E-state index contributed by atoms with van der Waals surface area (Å²) in [6, 6.07) is 6.84. The van der Waals surface area contributed by atoms with Gasteiger partial charge in [-0.3, -0.25) is 9.59 Å². The zero-order valence-corrected chi connectivity index (χ0v) is 17.3. The van der Waals surface area contributed by atoms with Gasteiger partial charge in [0, 0.05) is 11.8 Å². The number of amides is 1. The van der Waals surface area contributed by atoms with Crippen LogP contribution in [-0.2, 0) is 9.59 Å². The molecule has 0 radical (unpaired) electrons. The lowest BCUT2D eigenvalue weighted by Gasteiger charge is -2.14. The van der Waals surface area contributed by atoms with E-state index >= 15 is 0 Å². The van der Waals surface area contributed by atoms with Crippen LogP contribution < -0.4 is 14.8 Å². The molecule has 9 heteroatoms. The highest BCUT2D eigenvalue weighted by molar-refractivity contribution is 6.33. The number of rotatable bonds is 7. The van der Waals surface area contributed by atoms with Gasteiger partial charge < -0.3 is 14.8 Å². The number of nitrogens with zero attached hydrogens (tertiary/aromatic N) is 2. The molecule has 1 unspecified atom stereocenters. The largest absolute Gasteiger partial charge is 0.493 e. The molecular formula is C19H19Cl2N3O4. The van der Waals surface area contributed by atoms with Crippen molar-refractivity contribution in [1.82, 2.24) is 0 Å². The van der Waals surface area contributed by atoms with Crippen LogP contribution >= 0.6 is 23.2 Å². The number of aryl methyl sites for hydroxylation is 1. The third-order valence-electron chi connectivity index (χ3n) is 3.72. The monoisotopic (exact) mass is 423 g/mol. The Morgan fingerprint density at radius 1 is 1.07 bits per heavy atom. The number of ketones is 1. The van der Waals surface area contributed by atoms with Crippen LogP contribution in [0, 0.1) is 6.92 Å². The highest BCUT2D eigenvalue weighted by Crippen LogP contribution is 2.37. The maximum absolute atomic E-state index is 12.6. The minimum Gasteiger partial charge on any atom is -0.493 e. The maximum atomic E-state index is 12.6. The van der Waals surface area contributed by atoms with Crippen molar-refractivity contribution >= 4 is 46.3 Å². The third kappa shape index (κ3) is 5.21. The summed E-state index contributed by atoms with van der Waals surface area (Å²) in [4.78, 5) is 24.5. The standard InChI is InChI=1S/C19H19Cl2N3O4/c1-10-5-6-13(20)15(7-10)23-24-17(11(2)25)19(26)22-12-8-14(21)18(28-4)16(9-12)27-3/h5-9,17H,1-4H3,(H,22,26). The van der Waals surface area contributed by atoms with Gasteiger partial charge in [-0.15, -0.1) is 0 Å². The zero-order valence-electron chi connectivity index (χ0n) is 15.7. The van der Waals surface area contributed by atoms with E-state index in [0.29, 0.717) is 27.9 Å². The first-order valence-corrected chi connectivity index (χ1v) is 8.92. The van der Waals surface area contributed by atoms with E-state index in [1.807, 2.05) is 13.0 Å². The normalized spacial score (nSPS) is 11.9. The van der Waals surface area contributed by atoms with Gasteiger partial charge in [-0.25, -0.2) is 0 Å². The molecule has 1 atom stereocenters. The summed E-state index contributed by atoms with van der Waals surface area (Å²) in [5.74, 6) is -0.475. The molecule has 1 N–H and O–H groups in total. The lowest BCUT2D eigenvalue weighted by Crippen LogP contribution is -2.31. The van der Waals surface area contributed by atoms with E-state index < -0.39 is 17.7 Å². The fraction of sp³-hybridized carbons (Fsp3) is 0.263. The number of azo groups is 1. The van der Waals surface area contributed by atoms with Crippen molar-refractivity contribution in [3.63, 3.8) is 0 Å². The van der Waals surface area contributed by atoms with E-state index in [9.17, 15) is 9.59 Å². The fourth-order valence-electron chi connectivity index (χ4n) is 2.34. The molecule has 2 rings (SSSR count). The first-order chi connectivity index (χ1) is 13.3. The number of anilines is 1. The van der Waals surface area contributed by atoms with E-state index in [0.717, 1.165) is 5.56 Å². The number of Topliss-reactive ketones (excluding diaryl/α,β-unsaturated/α-hetero) is 1. The smallest absolute Gasteiger partial charge is 0.258 e. The number of carbonyl (C=O) groups is 2. The Balaban J connectivity index is 2.26. The second kappa shape index (κ2) is 9.52. The van der Waals surface area contributed by atoms with E-state index in [-0.39, 0.29) is 5.02 Å². The lowest BCUT2D eigenvalue weighted by molar-refractivity contribution is -0.126. The van der Waals surface area contributed by atoms with Crippen molar-refractivity contribution in [1.29, 1.82) is 0 Å². The van der Waals surface area contributed by atoms with Crippen LogP contribution in [0.15, 0.2) is 40.6 Å². The van der Waals surface area contributed by atoms with E-state index in [2.05, 4.69) is 15.5 Å². The molecule has 28 heavy (non-hydrogen) atoms. The molecule has 0 aliphatic heterocycles. The molecule has 7 nitrogen and oxygen atoms in total. The number of benzene rings is 2. The van der Waals surface area contributed by atoms with E-state index in [1.165, 1.54) is 33.3 Å². The Morgan fingerprint density at radius 2 is 1.79 bits per heavy atom. The predicted molar refractivity (Wildman–Crippen MR) is 108 cm³/mol. The average Bonchev–Trinajstić information content (AvgIpc) is 2.63. The van der Waals surface area contributed by atoms with Crippen molar-refractivity contribution in [3.05, 3.63) is 45.9 Å². The van der Waals surface area contributed by atoms with Crippen LogP contribution in [-0.4, -0.2) is 32.0 Å². The molecule has 0 spiro atoms. The molecule has 0 fully saturated rings. The number of methoxy groups -OCH3 is 2. The van der Waals surface area contributed by atoms with Crippen molar-refractivity contribution < 1.29 is 19.1 Å². The predicted octanol–water partition coefficient (Wildman–Crippen LogP) is 5.00. The quantitative estimate of drug-likeness (QED) is 0.501. The molecule has 0 aliphatic carbocycles. The molecule has 2 aromatic carbocycles. The molecule has 0 aromatic heterocycles. The molecule has 0 bridgehead atoms. The van der Waals surface area contributed by atoms with Gasteiger partial charge in [-0.1, -0.05) is 29.3 Å². The van der Waals surface area contributed by atoms with Crippen molar-refractivity contribution in [2.24, 2.45) is 10.2 Å². The fourth-order valence-corrected chi connectivity index (χ4v) is 2.78. The lowest BCUT2D eigenvalue weighted by atomic mass is 10.2. The molecule has 0 saturated heterocycles. The summed E-state index contributed by atoms with van der Waals surface area (Å²) in [7, 11) is 2.89. The van der Waals surface area contributed by atoms with Crippen LogP contribution in [0.5, 0.6) is 11.5 Å². The number of hydrogen-bond donors (Lipinski definition) is 1. The summed E-state index contributed by atoms with van der Waals surface area (Å²) in [5, 5.41) is 11.0. The Kier molecular flexibility index (Phi) is 7.37. The number of nitrogens with one attached hydrogen (secondary N) is 1. The van der Waals surface area contributed by atoms with Gasteiger partial charge in [0.15, 0.2) is 17.3 Å². The molecule has 148 valence electrons. The summed E-state index contributed by atoms with van der Waals surface area (Å²) >= 11 is 12.2. The molecule has 0 heterocycles. The second-order valence-corrected chi connectivity index (χ2v) is 6.68. The SMILES string of the molecule is COc1cc(NC(=O)C(N=Nc2cc(C)ccc2Cl)C(C)=O)cc(Cl)c1OC. The molecule has 0 saturated carbocycles. The average molecular weight is 424 g/mol. The van der Waals surface area contributed by atoms with Crippen LogP contribution in [0.3, 0.4) is 0 Å². The van der Waals surface area contributed by atoms with Gasteiger partial charge >= 0.3 is 0 Å². The van der Waals surface area contributed by atoms with Crippen molar-refractivity contribution in [2.75, 3.05) is 19.5 Å². The summed E-state index contributed by atoms with van der Waals surface area (Å²) in [5.41, 5.74) is 1.61. The molecule has 0 aliphatic rings. The van der Waals surface area contributed by atoms with E-state index in [4.69, 9.17) is 32.7 Å². The second-order valence-electron chi connectivity index (χ2n) is 5.87. The van der Waals surface area contributed by atoms with Crippen LogP contribution in [0.25, 0.3) is 0 Å². The van der Waals surface area contributed by atoms with Gasteiger partial charge in [0.25, 0.3) is 5.91 Å². The van der Waals surface area contributed by atoms with Crippen LogP contribution in [0.2, 0.25) is 10.0 Å². The third-order valence-corrected chi connectivity index (χ3v) is 4.32. The maximum Gasteiger partial charge on any atom is 0.258 e. The highest BCUT2D eigenvalue weighted by Gasteiger charge is 2.24. The van der Waals surface area contributed by atoms with Crippen LogP contribution in [0.4, 0.5) is 11.4 Å². The van der Waals surface area contributed by atoms with Crippen molar-refractivity contribution in [2.45, 2.75) is 19.9 Å². The van der Waals surface area contributed by atoms with Gasteiger partial charge in [-0.2, -0.15) is 10.2 Å². The number of carbonyl (C=O) groups excluding carboxylic acids is 2. The van der Waals surface area contributed by atoms with Gasteiger partial charge in [0.2, 0.25) is 6.04 Å². The van der Waals surface area contributed by atoms with Gasteiger partial charge in [0.1, 0.15) is 5.69 Å². The summed E-state index contributed by atoms with van der Waals surface area (Å²) < 4.78 is 10.3. The van der Waals surface area contributed by atoms with Gasteiger partial charge in [-0.05, 0) is 37.6 Å². The number of ether oxygens (including phenoxy) is 2. The highest BCUT2D eigenvalue weighted by atomic mass is 35.5. The Morgan fingerprint density at radius 3 is 2.39 bits per heavy atom. The Hall–Kier alpha value is -2.64. The zero-order chi connectivity index (χ0) is 20.8. The Bertz CT molecular complexity index is 932.